The highest BCUT2D eigenvalue weighted by atomic mass is 35.5. The molecule has 29 heavy (non-hydrogen) atoms. The second-order valence-electron chi connectivity index (χ2n) is 5.97. The molecule has 8 heteroatoms. The van der Waals surface area contributed by atoms with E-state index in [0.29, 0.717) is 12.4 Å². The van der Waals surface area contributed by atoms with Crippen LogP contribution in [-0.2, 0) is 6.61 Å². The Balaban J connectivity index is 1.55. The van der Waals surface area contributed by atoms with Crippen LogP contribution in [0.15, 0.2) is 77.9 Å². The zero-order valence-electron chi connectivity index (χ0n) is 15.1. The van der Waals surface area contributed by atoms with Crippen molar-refractivity contribution in [3.05, 3.63) is 105 Å². The molecule has 0 fully saturated rings. The predicted octanol–water partition coefficient (Wildman–Crippen LogP) is 4.59. The van der Waals surface area contributed by atoms with Crippen LogP contribution in [0.2, 0.25) is 5.02 Å². The lowest BCUT2D eigenvalue weighted by Crippen LogP contribution is -2.17. The number of hydrazone groups is 1. The molecule has 0 saturated carbocycles. The van der Waals surface area contributed by atoms with Crippen LogP contribution in [0.1, 0.15) is 21.5 Å². The summed E-state index contributed by atoms with van der Waals surface area (Å²) in [5.74, 6) is 0.132. The van der Waals surface area contributed by atoms with Crippen molar-refractivity contribution in [2.24, 2.45) is 5.10 Å². The Labute approximate surface area is 171 Å². The molecule has 7 nitrogen and oxygen atoms in total. The van der Waals surface area contributed by atoms with Gasteiger partial charge in [-0.2, -0.15) is 5.10 Å². The van der Waals surface area contributed by atoms with Crippen molar-refractivity contribution in [1.82, 2.24) is 5.43 Å². The average Bonchev–Trinajstić information content (AvgIpc) is 2.74. The first kappa shape index (κ1) is 20.0. The molecule has 1 amide bonds. The fourth-order valence-electron chi connectivity index (χ4n) is 2.41. The van der Waals surface area contributed by atoms with E-state index in [1.807, 2.05) is 30.3 Å². The summed E-state index contributed by atoms with van der Waals surface area (Å²) in [5.41, 5.74) is 3.90. The minimum Gasteiger partial charge on any atom is -0.489 e. The fraction of sp³-hybridized carbons (Fsp3) is 0.0476. The molecule has 0 atom stereocenters. The van der Waals surface area contributed by atoms with Gasteiger partial charge in [-0.3, -0.25) is 14.9 Å². The number of rotatable bonds is 7. The van der Waals surface area contributed by atoms with Gasteiger partial charge in [0.25, 0.3) is 11.6 Å². The molecular formula is C21H16ClN3O4. The molecule has 0 unspecified atom stereocenters. The standard InChI is InChI=1S/C21H16ClN3O4/c22-19-11-8-17(12-20(19)25(27)28)21(26)24-23-13-15-6-9-18(10-7-15)29-14-16-4-2-1-3-5-16/h1-13H,14H2,(H,24,26)/b23-13+. The Hall–Kier alpha value is -3.71. The summed E-state index contributed by atoms with van der Waals surface area (Å²) in [6, 6.07) is 20.8. The van der Waals surface area contributed by atoms with Crippen LogP contribution in [0.5, 0.6) is 5.75 Å². The number of nitro benzene ring substituents is 1. The molecule has 3 aromatic carbocycles. The van der Waals surface area contributed by atoms with Crippen LogP contribution >= 0.6 is 11.6 Å². The van der Waals surface area contributed by atoms with E-state index >= 15 is 0 Å². The van der Waals surface area contributed by atoms with E-state index in [9.17, 15) is 14.9 Å². The second-order valence-corrected chi connectivity index (χ2v) is 6.37. The van der Waals surface area contributed by atoms with E-state index in [1.165, 1.54) is 18.3 Å². The molecule has 0 aliphatic heterocycles. The number of halogens is 1. The quantitative estimate of drug-likeness (QED) is 0.351. The zero-order chi connectivity index (χ0) is 20.6. The fourth-order valence-corrected chi connectivity index (χ4v) is 2.60. The highest BCUT2D eigenvalue weighted by Crippen LogP contribution is 2.25. The second kappa shape index (κ2) is 9.48. The van der Waals surface area contributed by atoms with Gasteiger partial charge in [0, 0.05) is 11.6 Å². The molecule has 0 aliphatic rings. The Bertz CT molecular complexity index is 1040. The van der Waals surface area contributed by atoms with Crippen LogP contribution in [-0.4, -0.2) is 17.0 Å². The van der Waals surface area contributed by atoms with Gasteiger partial charge in [-0.15, -0.1) is 0 Å². The van der Waals surface area contributed by atoms with Gasteiger partial charge in [0.2, 0.25) is 0 Å². The molecule has 146 valence electrons. The van der Waals surface area contributed by atoms with Gasteiger partial charge in [-0.25, -0.2) is 5.43 Å². The van der Waals surface area contributed by atoms with Gasteiger partial charge in [0.1, 0.15) is 17.4 Å². The molecule has 1 N–H and O–H groups in total. The number of benzene rings is 3. The van der Waals surface area contributed by atoms with E-state index < -0.39 is 10.8 Å². The maximum Gasteiger partial charge on any atom is 0.288 e. The van der Waals surface area contributed by atoms with Crippen molar-refractivity contribution in [2.75, 3.05) is 0 Å². The average molecular weight is 410 g/mol. The summed E-state index contributed by atoms with van der Waals surface area (Å²) in [6.45, 7) is 0.470. The van der Waals surface area contributed by atoms with Crippen molar-refractivity contribution in [3.8, 4) is 5.75 Å². The first-order chi connectivity index (χ1) is 14.0. The molecule has 0 bridgehead atoms. The van der Waals surface area contributed by atoms with Crippen molar-refractivity contribution >= 4 is 29.4 Å². The minimum atomic E-state index is -0.649. The highest BCUT2D eigenvalue weighted by Gasteiger charge is 2.15. The van der Waals surface area contributed by atoms with Gasteiger partial charge in [0.15, 0.2) is 0 Å². The van der Waals surface area contributed by atoms with Crippen LogP contribution in [0.25, 0.3) is 0 Å². The third-order valence-corrected chi connectivity index (χ3v) is 4.23. The number of nitrogens with zero attached hydrogens (tertiary/aromatic N) is 2. The third-order valence-electron chi connectivity index (χ3n) is 3.91. The molecule has 3 aromatic rings. The van der Waals surface area contributed by atoms with Crippen molar-refractivity contribution in [1.29, 1.82) is 0 Å². The van der Waals surface area contributed by atoms with E-state index in [-0.39, 0.29) is 16.3 Å². The summed E-state index contributed by atoms with van der Waals surface area (Å²) in [6.07, 6.45) is 1.46. The monoisotopic (exact) mass is 409 g/mol. The van der Waals surface area contributed by atoms with Crippen LogP contribution in [0.4, 0.5) is 5.69 Å². The van der Waals surface area contributed by atoms with E-state index in [0.717, 1.165) is 17.2 Å². The van der Waals surface area contributed by atoms with E-state index in [4.69, 9.17) is 16.3 Å². The van der Waals surface area contributed by atoms with Crippen LogP contribution in [0.3, 0.4) is 0 Å². The first-order valence-electron chi connectivity index (χ1n) is 8.57. The number of hydrogen-bond acceptors (Lipinski definition) is 5. The molecule has 0 spiro atoms. The summed E-state index contributed by atoms with van der Waals surface area (Å²) < 4.78 is 5.71. The van der Waals surface area contributed by atoms with Crippen LogP contribution < -0.4 is 10.2 Å². The topological polar surface area (TPSA) is 93.8 Å². The number of nitro groups is 1. The van der Waals surface area contributed by atoms with Crippen molar-refractivity contribution < 1.29 is 14.5 Å². The van der Waals surface area contributed by atoms with Crippen molar-refractivity contribution in [2.45, 2.75) is 6.61 Å². The Morgan fingerprint density at radius 1 is 1.10 bits per heavy atom. The van der Waals surface area contributed by atoms with E-state index in [1.54, 1.807) is 24.3 Å². The zero-order valence-corrected chi connectivity index (χ0v) is 15.9. The van der Waals surface area contributed by atoms with Gasteiger partial charge < -0.3 is 4.74 Å². The molecular weight excluding hydrogens is 394 g/mol. The summed E-state index contributed by atoms with van der Waals surface area (Å²) in [4.78, 5) is 22.3. The van der Waals surface area contributed by atoms with E-state index in [2.05, 4.69) is 10.5 Å². The molecule has 3 rings (SSSR count). The summed E-state index contributed by atoms with van der Waals surface area (Å²) in [7, 11) is 0. The number of ether oxygens (including phenoxy) is 1. The Morgan fingerprint density at radius 3 is 2.52 bits per heavy atom. The normalized spacial score (nSPS) is 10.7. The first-order valence-corrected chi connectivity index (χ1v) is 8.95. The van der Waals surface area contributed by atoms with Crippen molar-refractivity contribution in [3.63, 3.8) is 0 Å². The lowest BCUT2D eigenvalue weighted by atomic mass is 10.2. The Morgan fingerprint density at radius 2 is 1.83 bits per heavy atom. The molecule has 0 aromatic heterocycles. The largest absolute Gasteiger partial charge is 0.489 e. The summed E-state index contributed by atoms with van der Waals surface area (Å²) >= 11 is 5.74. The minimum absolute atomic E-state index is 0.0374. The SMILES string of the molecule is O=C(N/N=C/c1ccc(OCc2ccccc2)cc1)c1ccc(Cl)c([N+](=O)[O-])c1. The van der Waals surface area contributed by atoms with Gasteiger partial charge >= 0.3 is 0 Å². The number of carbonyl (C=O) groups excluding carboxylic acids is 1. The number of carbonyl (C=O) groups is 1. The van der Waals surface area contributed by atoms with Gasteiger partial charge in [-0.05, 0) is 47.5 Å². The molecule has 0 radical (unpaired) electrons. The number of hydrogen-bond donors (Lipinski definition) is 1. The predicted molar refractivity (Wildman–Crippen MR) is 110 cm³/mol. The summed E-state index contributed by atoms with van der Waals surface area (Å²) in [5, 5.41) is 14.7. The molecule has 0 heterocycles. The number of nitrogens with one attached hydrogen (secondary N) is 1. The smallest absolute Gasteiger partial charge is 0.288 e. The molecule has 0 saturated heterocycles. The van der Waals surface area contributed by atoms with Gasteiger partial charge in [-0.1, -0.05) is 41.9 Å². The Kier molecular flexibility index (Phi) is 6.55. The maximum absolute atomic E-state index is 12.1. The lowest BCUT2D eigenvalue weighted by molar-refractivity contribution is -0.384. The molecule has 0 aliphatic carbocycles. The van der Waals surface area contributed by atoms with Gasteiger partial charge in [0.05, 0.1) is 11.1 Å². The van der Waals surface area contributed by atoms with Crippen LogP contribution in [0, 0.1) is 10.1 Å². The maximum atomic E-state index is 12.1. The number of amides is 1. The highest BCUT2D eigenvalue weighted by molar-refractivity contribution is 6.32. The lowest BCUT2D eigenvalue weighted by Gasteiger charge is -2.06. The third kappa shape index (κ3) is 5.63.